The molecule has 3 fully saturated rings. The van der Waals surface area contributed by atoms with Crippen LogP contribution in [0.3, 0.4) is 0 Å². The number of fused-ring (bicyclic) bond motifs is 1. The zero-order valence-corrected chi connectivity index (χ0v) is 22.1. The van der Waals surface area contributed by atoms with Crippen LogP contribution < -0.4 is 11.1 Å². The smallest absolute Gasteiger partial charge is 0.322 e. The summed E-state index contributed by atoms with van der Waals surface area (Å²) in [5, 5.41) is 2.98. The fraction of sp³-hybridized carbons (Fsp3) is 0.536. The molecule has 6 nitrogen and oxygen atoms in total. The number of halogens is 2. The number of hydrogen-bond acceptors (Lipinski definition) is 4. The number of urea groups is 1. The first-order valence-electron chi connectivity index (χ1n) is 13.1. The third kappa shape index (κ3) is 6.90. The van der Waals surface area contributed by atoms with E-state index in [0.29, 0.717) is 17.6 Å². The Morgan fingerprint density at radius 3 is 2.44 bits per heavy atom. The van der Waals surface area contributed by atoms with Crippen LogP contribution in [0.25, 0.3) is 0 Å². The van der Waals surface area contributed by atoms with Crippen LogP contribution in [0, 0.1) is 23.6 Å². The summed E-state index contributed by atoms with van der Waals surface area (Å²) >= 11 is 5.88. The lowest BCUT2D eigenvalue weighted by atomic mass is 10.1. The molecule has 1 heterocycles. The minimum Gasteiger partial charge on any atom is -0.399 e. The van der Waals surface area contributed by atoms with Crippen molar-refractivity contribution in [2.75, 3.05) is 57.4 Å². The van der Waals surface area contributed by atoms with Crippen LogP contribution in [-0.4, -0.2) is 73.1 Å². The highest BCUT2D eigenvalue weighted by Gasteiger charge is 2.57. The molecule has 2 aromatic rings. The number of nitrogen functional groups attached to an aromatic ring is 1. The standard InChI is InChI=1S/C22H32ClFN4O.C6H7N/c1-15-17-5-7-20(21(15)17)28(9-3-8-27-12-10-26(2)11-13-27)22(29)25-16-4-6-19(24)18(23)14-16;7-6-4-2-1-3-5-6/h4,6,14-15,17,20-21H,3,5,7-13H2,1-2H3,(H,25,29);1-5H,7H2. The van der Waals surface area contributed by atoms with Crippen LogP contribution in [0.4, 0.5) is 20.6 Å². The first kappa shape index (κ1) is 26.7. The minimum absolute atomic E-state index is 0.0289. The van der Waals surface area contributed by atoms with Crippen LogP contribution in [0.1, 0.15) is 26.2 Å². The normalized spacial score (nSPS) is 25.4. The zero-order chi connectivity index (χ0) is 25.7. The van der Waals surface area contributed by atoms with Gasteiger partial charge in [0.2, 0.25) is 0 Å². The lowest BCUT2D eigenvalue weighted by molar-refractivity contribution is 0.140. The van der Waals surface area contributed by atoms with Crippen molar-refractivity contribution in [1.29, 1.82) is 0 Å². The molecule has 8 heteroatoms. The summed E-state index contributed by atoms with van der Waals surface area (Å²) in [6.07, 6.45) is 3.29. The quantitative estimate of drug-likeness (QED) is 0.515. The maximum absolute atomic E-state index is 13.4. The summed E-state index contributed by atoms with van der Waals surface area (Å²) in [6, 6.07) is 14.1. The summed E-state index contributed by atoms with van der Waals surface area (Å²) in [7, 11) is 2.17. The highest BCUT2D eigenvalue weighted by Crippen LogP contribution is 2.58. The Morgan fingerprint density at radius 2 is 1.86 bits per heavy atom. The van der Waals surface area contributed by atoms with Crippen molar-refractivity contribution in [1.82, 2.24) is 14.7 Å². The van der Waals surface area contributed by atoms with E-state index < -0.39 is 5.82 Å². The van der Waals surface area contributed by atoms with Crippen molar-refractivity contribution in [3.8, 4) is 0 Å². The number of carbonyl (C=O) groups is 1. The van der Waals surface area contributed by atoms with Gasteiger partial charge < -0.3 is 25.8 Å². The van der Waals surface area contributed by atoms with Gasteiger partial charge in [-0.25, -0.2) is 9.18 Å². The predicted molar refractivity (Wildman–Crippen MR) is 146 cm³/mol. The van der Waals surface area contributed by atoms with Crippen molar-refractivity contribution < 1.29 is 9.18 Å². The minimum atomic E-state index is -0.473. The molecule has 3 aliphatic rings. The number of amides is 2. The molecule has 5 rings (SSSR count). The molecule has 4 unspecified atom stereocenters. The van der Waals surface area contributed by atoms with Crippen molar-refractivity contribution in [2.24, 2.45) is 17.8 Å². The number of likely N-dealkylation sites (N-methyl/N-ethyl adjacent to an activating group) is 1. The Balaban J connectivity index is 0.000000375. The van der Waals surface area contributed by atoms with Gasteiger partial charge >= 0.3 is 6.03 Å². The molecule has 0 aromatic heterocycles. The maximum Gasteiger partial charge on any atom is 0.322 e. The highest BCUT2D eigenvalue weighted by atomic mass is 35.5. The van der Waals surface area contributed by atoms with Crippen LogP contribution in [-0.2, 0) is 0 Å². The number of nitrogens with two attached hydrogens (primary N) is 1. The Hall–Kier alpha value is -2.35. The van der Waals surface area contributed by atoms with E-state index in [1.807, 2.05) is 35.2 Å². The molecule has 4 atom stereocenters. The molecular weight excluding hydrogens is 477 g/mol. The first-order chi connectivity index (χ1) is 17.3. The van der Waals surface area contributed by atoms with Crippen LogP contribution in [0.5, 0.6) is 0 Å². The van der Waals surface area contributed by atoms with E-state index in [1.165, 1.54) is 18.6 Å². The van der Waals surface area contributed by atoms with Gasteiger partial charge in [-0.1, -0.05) is 36.7 Å². The van der Waals surface area contributed by atoms with Crippen molar-refractivity contribution in [2.45, 2.75) is 32.2 Å². The second-order valence-corrected chi connectivity index (χ2v) is 10.8. The lowest BCUT2D eigenvalue weighted by Gasteiger charge is -2.34. The molecule has 0 spiro atoms. The van der Waals surface area contributed by atoms with Crippen LogP contribution in [0.15, 0.2) is 48.5 Å². The Kier molecular flexibility index (Phi) is 9.09. The van der Waals surface area contributed by atoms with E-state index in [2.05, 4.69) is 29.1 Å². The number of nitrogens with one attached hydrogen (secondary N) is 1. The third-order valence-electron chi connectivity index (χ3n) is 7.98. The average Bonchev–Trinajstić information content (AvgIpc) is 3.29. The SMILES string of the molecule is CC1C2CCC(N(CCCN3CCN(C)CC3)C(=O)Nc3ccc(F)c(Cl)c3)C12.Nc1ccccc1. The second kappa shape index (κ2) is 12.3. The Morgan fingerprint density at radius 1 is 1.14 bits per heavy atom. The fourth-order valence-electron chi connectivity index (χ4n) is 5.77. The van der Waals surface area contributed by atoms with E-state index in [0.717, 1.165) is 69.6 Å². The zero-order valence-electron chi connectivity index (χ0n) is 21.4. The largest absolute Gasteiger partial charge is 0.399 e. The topological polar surface area (TPSA) is 64.8 Å². The maximum atomic E-state index is 13.4. The van der Waals surface area contributed by atoms with Gasteiger partial charge in [0.25, 0.3) is 0 Å². The van der Waals surface area contributed by atoms with E-state index in [-0.39, 0.29) is 11.1 Å². The molecule has 36 heavy (non-hydrogen) atoms. The lowest BCUT2D eigenvalue weighted by Crippen LogP contribution is -2.47. The monoisotopic (exact) mass is 515 g/mol. The van der Waals surface area contributed by atoms with Crippen molar-refractivity contribution in [3.63, 3.8) is 0 Å². The van der Waals surface area contributed by atoms with E-state index >= 15 is 0 Å². The number of benzene rings is 2. The second-order valence-electron chi connectivity index (χ2n) is 10.4. The molecule has 2 amide bonds. The van der Waals surface area contributed by atoms with Gasteiger partial charge in [0.1, 0.15) is 5.82 Å². The first-order valence-corrected chi connectivity index (χ1v) is 13.5. The third-order valence-corrected chi connectivity index (χ3v) is 8.27. The molecule has 1 aliphatic heterocycles. The van der Waals surface area contributed by atoms with E-state index in [9.17, 15) is 9.18 Å². The molecule has 1 saturated heterocycles. The average molecular weight is 516 g/mol. The van der Waals surface area contributed by atoms with Crippen molar-refractivity contribution in [3.05, 3.63) is 59.4 Å². The van der Waals surface area contributed by atoms with Gasteiger partial charge in [0.15, 0.2) is 0 Å². The summed E-state index contributed by atoms with van der Waals surface area (Å²) in [5.41, 5.74) is 6.72. The van der Waals surface area contributed by atoms with Crippen molar-refractivity contribution >= 4 is 29.0 Å². The summed E-state index contributed by atoms with van der Waals surface area (Å²) in [4.78, 5) is 20.0. The number of rotatable bonds is 6. The van der Waals surface area contributed by atoms with Gasteiger partial charge in [-0.15, -0.1) is 0 Å². The molecule has 3 N–H and O–H groups in total. The van der Waals surface area contributed by atoms with Crippen LogP contribution in [0.2, 0.25) is 5.02 Å². The van der Waals surface area contributed by atoms with Gasteiger partial charge in [-0.3, -0.25) is 0 Å². The number of carbonyl (C=O) groups excluding carboxylic acids is 1. The number of piperazine rings is 1. The van der Waals surface area contributed by atoms with Gasteiger partial charge in [-0.2, -0.15) is 0 Å². The molecule has 196 valence electrons. The number of para-hydroxylation sites is 1. The molecule has 2 aromatic carbocycles. The van der Waals surface area contributed by atoms with Gasteiger partial charge in [0.05, 0.1) is 5.02 Å². The molecule has 2 aliphatic carbocycles. The number of nitrogens with zero attached hydrogens (tertiary/aromatic N) is 3. The summed E-state index contributed by atoms with van der Waals surface area (Å²) in [5.74, 6) is 1.68. The molecule has 2 saturated carbocycles. The van der Waals surface area contributed by atoms with Gasteiger partial charge in [0, 0.05) is 50.1 Å². The molecular formula is C28H39ClFN5O. The molecule has 0 bridgehead atoms. The van der Waals surface area contributed by atoms with Gasteiger partial charge in [-0.05, 0) is 80.9 Å². The summed E-state index contributed by atoms with van der Waals surface area (Å²) < 4.78 is 13.4. The Bertz CT molecular complexity index is 1000. The highest BCUT2D eigenvalue weighted by molar-refractivity contribution is 6.31. The van der Waals surface area contributed by atoms with Crippen LogP contribution >= 0.6 is 11.6 Å². The Labute approximate surface area is 219 Å². The number of hydrogen-bond donors (Lipinski definition) is 2. The number of anilines is 2. The molecule has 0 radical (unpaired) electrons. The van der Waals surface area contributed by atoms with E-state index in [1.54, 1.807) is 6.07 Å². The predicted octanol–water partition coefficient (Wildman–Crippen LogP) is 5.26. The summed E-state index contributed by atoms with van der Waals surface area (Å²) in [6.45, 7) is 8.51. The van der Waals surface area contributed by atoms with E-state index in [4.69, 9.17) is 17.3 Å². The fourth-order valence-corrected chi connectivity index (χ4v) is 5.95.